The van der Waals surface area contributed by atoms with Crippen molar-refractivity contribution in [3.8, 4) is 16.9 Å². The van der Waals surface area contributed by atoms with E-state index in [0.29, 0.717) is 10.8 Å². The number of H-pyrrole nitrogens is 1. The molecule has 0 aliphatic rings. The van der Waals surface area contributed by atoms with Crippen LogP contribution < -0.4 is 10.5 Å². The van der Waals surface area contributed by atoms with Crippen LogP contribution in [-0.2, 0) is 5.41 Å². The van der Waals surface area contributed by atoms with Gasteiger partial charge in [-0.3, -0.25) is 5.10 Å². The van der Waals surface area contributed by atoms with Crippen LogP contribution >= 0.6 is 11.6 Å². The second kappa shape index (κ2) is 4.78. The molecule has 0 aliphatic carbocycles. The van der Waals surface area contributed by atoms with Crippen LogP contribution in [0.25, 0.3) is 11.1 Å². The van der Waals surface area contributed by atoms with Crippen LogP contribution in [0.5, 0.6) is 5.75 Å². The van der Waals surface area contributed by atoms with Crippen molar-refractivity contribution in [2.24, 2.45) is 0 Å². The molecule has 1 aromatic heterocycles. The molecule has 0 unspecified atom stereocenters. The lowest BCUT2D eigenvalue weighted by molar-refractivity contribution is 0.399. The van der Waals surface area contributed by atoms with Gasteiger partial charge in [0.2, 0.25) is 0 Å². The summed E-state index contributed by atoms with van der Waals surface area (Å²) in [7, 11) is 1.65. The van der Waals surface area contributed by atoms with Gasteiger partial charge in [0, 0.05) is 21.7 Å². The summed E-state index contributed by atoms with van der Waals surface area (Å²) >= 11 is 6.23. The SMILES string of the molecule is COc1c(-c2cn[nH]c2N)cc(Cl)cc1C(C)(C)C. The predicted octanol–water partition coefficient (Wildman–Crippen LogP) is 3.62. The Labute approximate surface area is 117 Å². The van der Waals surface area contributed by atoms with Crippen molar-refractivity contribution in [3.63, 3.8) is 0 Å². The Morgan fingerprint density at radius 1 is 1.26 bits per heavy atom. The molecule has 4 nitrogen and oxygen atoms in total. The minimum absolute atomic E-state index is 0.0799. The maximum absolute atomic E-state index is 6.23. The fraction of sp³-hybridized carbons (Fsp3) is 0.357. The Morgan fingerprint density at radius 2 is 1.95 bits per heavy atom. The van der Waals surface area contributed by atoms with Gasteiger partial charge in [0.05, 0.1) is 13.3 Å². The molecule has 0 aliphatic heterocycles. The highest BCUT2D eigenvalue weighted by atomic mass is 35.5. The zero-order valence-electron chi connectivity index (χ0n) is 11.5. The zero-order chi connectivity index (χ0) is 14.2. The molecule has 0 fully saturated rings. The van der Waals surface area contributed by atoms with Crippen molar-refractivity contribution in [1.29, 1.82) is 0 Å². The number of methoxy groups -OCH3 is 1. The number of ether oxygens (including phenoxy) is 1. The number of hydrogen-bond donors (Lipinski definition) is 2. The summed E-state index contributed by atoms with van der Waals surface area (Å²) in [5.41, 5.74) is 8.50. The monoisotopic (exact) mass is 279 g/mol. The first-order valence-corrected chi connectivity index (χ1v) is 6.39. The normalized spacial score (nSPS) is 11.6. The molecule has 0 bridgehead atoms. The van der Waals surface area contributed by atoms with E-state index in [1.54, 1.807) is 13.3 Å². The summed E-state index contributed by atoms with van der Waals surface area (Å²) in [4.78, 5) is 0. The van der Waals surface area contributed by atoms with E-state index in [1.165, 1.54) is 0 Å². The highest BCUT2D eigenvalue weighted by molar-refractivity contribution is 6.31. The minimum Gasteiger partial charge on any atom is -0.496 e. The van der Waals surface area contributed by atoms with Crippen molar-refractivity contribution >= 4 is 17.4 Å². The summed E-state index contributed by atoms with van der Waals surface area (Å²) in [6.07, 6.45) is 1.68. The largest absolute Gasteiger partial charge is 0.496 e. The number of nitrogen functional groups attached to an aromatic ring is 1. The van der Waals surface area contributed by atoms with Crippen LogP contribution in [0.2, 0.25) is 5.02 Å². The minimum atomic E-state index is -0.0799. The first kappa shape index (κ1) is 13.7. The molecule has 0 saturated heterocycles. The summed E-state index contributed by atoms with van der Waals surface area (Å²) < 4.78 is 5.58. The molecule has 0 spiro atoms. The molecule has 2 rings (SSSR count). The average Bonchev–Trinajstić information content (AvgIpc) is 2.73. The van der Waals surface area contributed by atoms with Crippen molar-refractivity contribution in [1.82, 2.24) is 10.2 Å². The number of aromatic amines is 1. The van der Waals surface area contributed by atoms with Crippen molar-refractivity contribution in [2.75, 3.05) is 12.8 Å². The molecule has 1 aromatic carbocycles. The molecule has 102 valence electrons. The lowest BCUT2D eigenvalue weighted by Crippen LogP contribution is -2.13. The van der Waals surface area contributed by atoms with E-state index in [4.69, 9.17) is 22.1 Å². The molecule has 0 saturated carbocycles. The highest BCUT2D eigenvalue weighted by Gasteiger charge is 2.23. The van der Waals surface area contributed by atoms with E-state index >= 15 is 0 Å². The molecular formula is C14H18ClN3O. The number of hydrogen-bond acceptors (Lipinski definition) is 3. The van der Waals surface area contributed by atoms with Gasteiger partial charge < -0.3 is 10.5 Å². The van der Waals surface area contributed by atoms with Crippen LogP contribution in [0.3, 0.4) is 0 Å². The van der Waals surface area contributed by atoms with Crippen molar-refractivity contribution in [3.05, 3.63) is 28.9 Å². The Bertz CT molecular complexity index is 599. The fourth-order valence-electron chi connectivity index (χ4n) is 2.08. The molecule has 0 atom stereocenters. The van der Waals surface area contributed by atoms with E-state index in [9.17, 15) is 0 Å². The van der Waals surface area contributed by atoms with E-state index in [1.807, 2.05) is 12.1 Å². The predicted molar refractivity (Wildman–Crippen MR) is 78.7 cm³/mol. The van der Waals surface area contributed by atoms with Gasteiger partial charge >= 0.3 is 0 Å². The number of rotatable bonds is 2. The summed E-state index contributed by atoms with van der Waals surface area (Å²) in [5.74, 6) is 1.28. The van der Waals surface area contributed by atoms with Gasteiger partial charge in [0.1, 0.15) is 11.6 Å². The molecule has 0 radical (unpaired) electrons. The second-order valence-corrected chi connectivity index (χ2v) is 5.92. The topological polar surface area (TPSA) is 63.9 Å². The molecule has 5 heteroatoms. The number of nitrogens with two attached hydrogens (primary N) is 1. The lowest BCUT2D eigenvalue weighted by atomic mass is 9.84. The molecule has 3 N–H and O–H groups in total. The van der Waals surface area contributed by atoms with Gasteiger partial charge in [-0.1, -0.05) is 32.4 Å². The Hall–Kier alpha value is -1.68. The quantitative estimate of drug-likeness (QED) is 0.882. The summed E-state index contributed by atoms with van der Waals surface area (Å²) in [6.45, 7) is 6.34. The molecule has 2 aromatic rings. The number of halogens is 1. The second-order valence-electron chi connectivity index (χ2n) is 5.48. The fourth-order valence-corrected chi connectivity index (χ4v) is 2.30. The summed E-state index contributed by atoms with van der Waals surface area (Å²) in [5, 5.41) is 7.33. The Balaban J connectivity index is 2.75. The number of nitrogens with zero attached hydrogens (tertiary/aromatic N) is 1. The van der Waals surface area contributed by atoms with E-state index in [2.05, 4.69) is 31.0 Å². The van der Waals surface area contributed by atoms with Crippen LogP contribution in [0.4, 0.5) is 5.82 Å². The average molecular weight is 280 g/mol. The zero-order valence-corrected chi connectivity index (χ0v) is 12.3. The highest BCUT2D eigenvalue weighted by Crippen LogP contribution is 2.42. The van der Waals surface area contributed by atoms with E-state index in [0.717, 1.165) is 22.4 Å². The molecule has 0 amide bonds. The molecule has 19 heavy (non-hydrogen) atoms. The Morgan fingerprint density at radius 3 is 2.42 bits per heavy atom. The van der Waals surface area contributed by atoms with Gasteiger partial charge in [-0.05, 0) is 17.5 Å². The van der Waals surface area contributed by atoms with Gasteiger partial charge in [0.15, 0.2) is 0 Å². The third kappa shape index (κ3) is 2.54. The lowest BCUT2D eigenvalue weighted by Gasteiger charge is -2.24. The summed E-state index contributed by atoms with van der Waals surface area (Å²) in [6, 6.07) is 3.77. The third-order valence-electron chi connectivity index (χ3n) is 3.02. The first-order valence-electron chi connectivity index (χ1n) is 6.02. The third-order valence-corrected chi connectivity index (χ3v) is 3.24. The molecular weight excluding hydrogens is 262 g/mol. The van der Waals surface area contributed by atoms with Gasteiger partial charge in [-0.2, -0.15) is 5.10 Å². The first-order chi connectivity index (χ1) is 8.84. The maximum Gasteiger partial charge on any atom is 0.130 e. The van der Waals surface area contributed by atoms with Crippen molar-refractivity contribution < 1.29 is 4.74 Å². The van der Waals surface area contributed by atoms with Crippen molar-refractivity contribution in [2.45, 2.75) is 26.2 Å². The standard InChI is InChI=1S/C14H18ClN3O/c1-14(2,3)11-6-8(15)5-9(12(11)19-4)10-7-17-18-13(10)16/h5-7H,1-4H3,(H3,16,17,18). The number of nitrogens with one attached hydrogen (secondary N) is 1. The van der Waals surface area contributed by atoms with Crippen LogP contribution in [0.15, 0.2) is 18.3 Å². The van der Waals surface area contributed by atoms with Crippen LogP contribution in [0.1, 0.15) is 26.3 Å². The number of anilines is 1. The number of aromatic nitrogens is 2. The molecule has 1 heterocycles. The number of benzene rings is 1. The van der Waals surface area contributed by atoms with E-state index in [-0.39, 0.29) is 5.41 Å². The van der Waals surface area contributed by atoms with Crippen LogP contribution in [-0.4, -0.2) is 17.3 Å². The smallest absolute Gasteiger partial charge is 0.130 e. The maximum atomic E-state index is 6.23. The Kier molecular flexibility index (Phi) is 3.45. The van der Waals surface area contributed by atoms with Crippen LogP contribution in [0, 0.1) is 0 Å². The van der Waals surface area contributed by atoms with Gasteiger partial charge in [-0.25, -0.2) is 0 Å². The van der Waals surface area contributed by atoms with E-state index < -0.39 is 0 Å². The van der Waals surface area contributed by atoms with Gasteiger partial charge in [0.25, 0.3) is 0 Å². The van der Waals surface area contributed by atoms with Gasteiger partial charge in [-0.15, -0.1) is 0 Å².